The number of aromatic nitrogens is 6. The molecule has 0 fully saturated rings. The molecule has 0 saturated heterocycles. The summed E-state index contributed by atoms with van der Waals surface area (Å²) in [6, 6.07) is 0. The molecule has 0 amide bonds. The predicted octanol–water partition coefficient (Wildman–Crippen LogP) is -1.24. The first-order valence-corrected chi connectivity index (χ1v) is 5.42. The Balaban J connectivity index is 2.27. The van der Waals surface area contributed by atoms with Crippen LogP contribution in [0.15, 0.2) is 23.5 Å². The van der Waals surface area contributed by atoms with Crippen LogP contribution in [-0.4, -0.2) is 35.4 Å². The number of imidazole rings is 1. The number of fused-ring (bicyclic) bond motifs is 1. The van der Waals surface area contributed by atoms with Gasteiger partial charge in [0.2, 0.25) is 5.95 Å². The molecule has 3 aromatic rings. The van der Waals surface area contributed by atoms with Gasteiger partial charge in [0.05, 0.1) is 6.33 Å². The zero-order chi connectivity index (χ0) is 14.3. The number of nitrogen functional groups attached to an aromatic ring is 2. The fraction of sp³-hybridized carbons (Fsp3) is 0. The summed E-state index contributed by atoms with van der Waals surface area (Å²) in [5.41, 5.74) is 10.5. The Morgan fingerprint density at radius 3 is 2.70 bits per heavy atom. The summed E-state index contributed by atoms with van der Waals surface area (Å²) in [5, 5.41) is 0. The van der Waals surface area contributed by atoms with Gasteiger partial charge in [0.25, 0.3) is 11.5 Å². The van der Waals surface area contributed by atoms with Gasteiger partial charge in [0.15, 0.2) is 22.7 Å². The molecule has 0 saturated carbocycles. The highest BCUT2D eigenvalue weighted by molar-refractivity contribution is 5.99. The first kappa shape index (κ1) is 11.8. The topological polar surface area (TPSA) is 158 Å². The van der Waals surface area contributed by atoms with Crippen molar-refractivity contribution in [3.8, 4) is 0 Å². The Morgan fingerprint density at radius 1 is 1.20 bits per heavy atom. The lowest BCUT2D eigenvalue weighted by Crippen LogP contribution is -2.32. The molecule has 20 heavy (non-hydrogen) atoms. The third-order valence-electron chi connectivity index (χ3n) is 2.62. The van der Waals surface area contributed by atoms with Crippen LogP contribution >= 0.6 is 0 Å². The number of hydrogen-bond acceptors (Lipinski definition) is 8. The molecule has 10 nitrogen and oxygen atoms in total. The first-order valence-electron chi connectivity index (χ1n) is 5.42. The van der Waals surface area contributed by atoms with Crippen LogP contribution in [-0.2, 0) is 0 Å². The molecular weight excluding hydrogens is 264 g/mol. The van der Waals surface area contributed by atoms with Crippen LogP contribution in [0.1, 0.15) is 10.5 Å². The van der Waals surface area contributed by atoms with Crippen molar-refractivity contribution in [3.05, 3.63) is 34.8 Å². The molecule has 0 spiro atoms. The van der Waals surface area contributed by atoms with E-state index in [2.05, 4.69) is 24.9 Å². The molecule has 3 aromatic heterocycles. The second-order valence-electron chi connectivity index (χ2n) is 3.81. The zero-order valence-corrected chi connectivity index (χ0v) is 9.94. The largest absolute Gasteiger partial charge is 0.382 e. The van der Waals surface area contributed by atoms with Gasteiger partial charge in [-0.1, -0.05) is 0 Å². The molecule has 0 aliphatic rings. The molecule has 0 radical (unpaired) electrons. The van der Waals surface area contributed by atoms with Gasteiger partial charge in [0.1, 0.15) is 0 Å². The number of carbonyl (C=O) groups is 1. The van der Waals surface area contributed by atoms with Crippen LogP contribution in [0.25, 0.3) is 11.2 Å². The average Bonchev–Trinajstić information content (AvgIpc) is 2.87. The summed E-state index contributed by atoms with van der Waals surface area (Å²) in [6.45, 7) is 0. The van der Waals surface area contributed by atoms with Gasteiger partial charge in [0, 0.05) is 12.4 Å². The molecule has 0 unspecified atom stereocenters. The van der Waals surface area contributed by atoms with E-state index < -0.39 is 11.5 Å². The molecule has 0 atom stereocenters. The summed E-state index contributed by atoms with van der Waals surface area (Å²) in [6.07, 6.45) is 3.89. The molecule has 3 rings (SSSR count). The van der Waals surface area contributed by atoms with Gasteiger partial charge < -0.3 is 16.5 Å². The van der Waals surface area contributed by atoms with E-state index in [4.69, 9.17) is 11.5 Å². The predicted molar refractivity (Wildman–Crippen MR) is 68.7 cm³/mol. The summed E-state index contributed by atoms with van der Waals surface area (Å²) in [7, 11) is 0. The zero-order valence-electron chi connectivity index (χ0n) is 9.94. The van der Waals surface area contributed by atoms with Crippen molar-refractivity contribution in [3.63, 3.8) is 0 Å². The maximum Gasteiger partial charge on any atom is 0.290 e. The van der Waals surface area contributed by atoms with Crippen LogP contribution in [0.2, 0.25) is 0 Å². The number of aromatic amines is 1. The van der Waals surface area contributed by atoms with Crippen molar-refractivity contribution in [2.75, 3.05) is 11.5 Å². The van der Waals surface area contributed by atoms with Gasteiger partial charge in [-0.15, -0.1) is 0 Å². The highest BCUT2D eigenvalue weighted by Crippen LogP contribution is 2.09. The van der Waals surface area contributed by atoms with E-state index in [9.17, 15) is 9.59 Å². The molecule has 0 aromatic carbocycles. The molecule has 5 N–H and O–H groups in total. The van der Waals surface area contributed by atoms with Gasteiger partial charge in [-0.2, -0.15) is 4.98 Å². The van der Waals surface area contributed by atoms with Gasteiger partial charge in [-0.25, -0.2) is 19.5 Å². The van der Waals surface area contributed by atoms with Crippen molar-refractivity contribution < 1.29 is 4.79 Å². The number of anilines is 2. The monoisotopic (exact) mass is 272 g/mol. The maximum atomic E-state index is 12.3. The highest BCUT2D eigenvalue weighted by atomic mass is 16.2. The minimum Gasteiger partial charge on any atom is -0.382 e. The van der Waals surface area contributed by atoms with Crippen molar-refractivity contribution in [1.82, 2.24) is 29.5 Å². The number of nitrogens with one attached hydrogen (secondary N) is 1. The minimum absolute atomic E-state index is 0.0648. The number of carbonyl (C=O) groups excluding carboxylic acids is 1. The van der Waals surface area contributed by atoms with Crippen LogP contribution in [0.5, 0.6) is 0 Å². The normalized spacial score (nSPS) is 10.8. The van der Waals surface area contributed by atoms with E-state index >= 15 is 0 Å². The Morgan fingerprint density at radius 2 is 1.95 bits per heavy atom. The van der Waals surface area contributed by atoms with E-state index in [1.165, 1.54) is 18.7 Å². The standard InChI is InChI=1S/C10H8N8O2/c11-6-4(13-1-2-14-6)8(19)18-9(20)5-7(16-3-15-5)17-10(18)12/h1-3H,(H2,11,14)(H2,12,17)(H,15,16). The lowest BCUT2D eigenvalue weighted by Gasteiger charge is -2.07. The average molecular weight is 272 g/mol. The second kappa shape index (κ2) is 4.12. The van der Waals surface area contributed by atoms with Gasteiger partial charge >= 0.3 is 0 Å². The molecule has 0 bridgehead atoms. The Kier molecular flexibility index (Phi) is 2.42. The SMILES string of the molecule is Nc1nccnc1C(=O)n1c(N)nc2nc[nH]c2c1=O. The quantitative estimate of drug-likeness (QED) is 0.496. The van der Waals surface area contributed by atoms with Gasteiger partial charge in [-0.3, -0.25) is 9.59 Å². The molecule has 3 heterocycles. The van der Waals surface area contributed by atoms with E-state index in [0.717, 1.165) is 0 Å². The highest BCUT2D eigenvalue weighted by Gasteiger charge is 2.21. The van der Waals surface area contributed by atoms with Crippen LogP contribution in [0, 0.1) is 0 Å². The van der Waals surface area contributed by atoms with E-state index in [1.807, 2.05) is 0 Å². The van der Waals surface area contributed by atoms with Crippen molar-refractivity contribution in [2.24, 2.45) is 0 Å². The lowest BCUT2D eigenvalue weighted by molar-refractivity contribution is 0.0954. The second-order valence-corrected chi connectivity index (χ2v) is 3.81. The molecule has 100 valence electrons. The molecule has 0 aliphatic carbocycles. The number of nitrogens with zero attached hydrogens (tertiary/aromatic N) is 5. The van der Waals surface area contributed by atoms with E-state index in [1.54, 1.807) is 0 Å². The van der Waals surface area contributed by atoms with Gasteiger partial charge in [-0.05, 0) is 0 Å². The van der Waals surface area contributed by atoms with Crippen LogP contribution in [0.3, 0.4) is 0 Å². The fourth-order valence-electron chi connectivity index (χ4n) is 1.72. The van der Waals surface area contributed by atoms with Crippen molar-refractivity contribution in [1.29, 1.82) is 0 Å². The minimum atomic E-state index is -0.804. The maximum absolute atomic E-state index is 12.3. The third kappa shape index (κ3) is 1.59. The van der Waals surface area contributed by atoms with Crippen LogP contribution in [0.4, 0.5) is 11.8 Å². The lowest BCUT2D eigenvalue weighted by atomic mass is 10.3. The Bertz CT molecular complexity index is 880. The molecule has 10 heteroatoms. The van der Waals surface area contributed by atoms with Crippen molar-refractivity contribution in [2.45, 2.75) is 0 Å². The fourth-order valence-corrected chi connectivity index (χ4v) is 1.72. The van der Waals surface area contributed by atoms with E-state index in [-0.39, 0.29) is 28.6 Å². The number of H-pyrrole nitrogens is 1. The summed E-state index contributed by atoms with van der Waals surface area (Å²) in [5.74, 6) is -1.21. The Labute approximate surface area is 110 Å². The molecule has 0 aliphatic heterocycles. The number of rotatable bonds is 1. The van der Waals surface area contributed by atoms with E-state index in [0.29, 0.717) is 4.57 Å². The number of hydrogen-bond donors (Lipinski definition) is 3. The summed E-state index contributed by atoms with van der Waals surface area (Å²) < 4.78 is 0.668. The third-order valence-corrected chi connectivity index (χ3v) is 2.62. The first-order chi connectivity index (χ1) is 9.59. The number of nitrogens with two attached hydrogens (primary N) is 2. The van der Waals surface area contributed by atoms with Crippen molar-refractivity contribution >= 4 is 28.8 Å². The Hall–Kier alpha value is -3.30. The molecular formula is C10H8N8O2. The van der Waals surface area contributed by atoms with Crippen LogP contribution < -0.4 is 17.0 Å². The smallest absolute Gasteiger partial charge is 0.290 e. The summed E-state index contributed by atoms with van der Waals surface area (Å²) >= 11 is 0. The summed E-state index contributed by atoms with van der Waals surface area (Å²) in [4.78, 5) is 42.3.